The Bertz CT molecular complexity index is 777. The fourth-order valence-corrected chi connectivity index (χ4v) is 3.55. The van der Waals surface area contributed by atoms with Crippen LogP contribution < -0.4 is 0 Å². The van der Waals surface area contributed by atoms with Gasteiger partial charge in [-0.05, 0) is 49.3 Å². The first-order chi connectivity index (χ1) is 9.19. The Kier molecular flexibility index (Phi) is 3.29. The highest BCUT2D eigenvalue weighted by Crippen LogP contribution is 2.22. The molecule has 1 N–H and O–H groups in total. The summed E-state index contributed by atoms with van der Waals surface area (Å²) in [5.74, 6) is 0. The second kappa shape index (κ2) is 4.94. The Morgan fingerprint density at radius 3 is 2.74 bits per heavy atom. The minimum absolute atomic E-state index is 0.802. The van der Waals surface area contributed by atoms with Crippen molar-refractivity contribution in [2.75, 3.05) is 0 Å². The minimum atomic E-state index is 0.802. The van der Waals surface area contributed by atoms with Crippen molar-refractivity contribution in [1.29, 1.82) is 0 Å². The highest BCUT2D eigenvalue weighted by atomic mass is 32.1. The van der Waals surface area contributed by atoms with Gasteiger partial charge >= 0.3 is 0 Å². The van der Waals surface area contributed by atoms with E-state index < -0.39 is 0 Å². The zero-order chi connectivity index (χ0) is 13.4. The van der Waals surface area contributed by atoms with Crippen LogP contribution in [-0.4, -0.2) is 9.55 Å². The molecule has 0 bridgehead atoms. The van der Waals surface area contributed by atoms with Crippen molar-refractivity contribution >= 4 is 34.6 Å². The zero-order valence-corrected chi connectivity index (χ0v) is 12.7. The van der Waals surface area contributed by atoms with Crippen LogP contribution in [0.15, 0.2) is 30.3 Å². The molecule has 0 saturated carbocycles. The van der Waals surface area contributed by atoms with E-state index in [9.17, 15) is 0 Å². The van der Waals surface area contributed by atoms with Gasteiger partial charge in [-0.1, -0.05) is 19.1 Å². The zero-order valence-electron chi connectivity index (χ0n) is 11.1. The number of rotatable bonds is 3. The van der Waals surface area contributed by atoms with E-state index in [0.717, 1.165) is 23.3 Å². The number of hydrogen-bond acceptors (Lipinski definition) is 2. The third kappa shape index (κ3) is 2.26. The van der Waals surface area contributed by atoms with E-state index >= 15 is 0 Å². The van der Waals surface area contributed by atoms with Gasteiger partial charge in [0, 0.05) is 9.75 Å². The van der Waals surface area contributed by atoms with Crippen LogP contribution in [0.3, 0.4) is 0 Å². The first-order valence-corrected chi connectivity index (χ1v) is 7.67. The number of fused-ring (bicyclic) bond motifs is 1. The molecule has 0 saturated heterocycles. The van der Waals surface area contributed by atoms with E-state index in [-0.39, 0.29) is 0 Å². The monoisotopic (exact) mass is 288 g/mol. The predicted molar refractivity (Wildman–Crippen MR) is 84.7 cm³/mol. The Balaban J connectivity index is 2.07. The van der Waals surface area contributed by atoms with Crippen molar-refractivity contribution in [2.24, 2.45) is 0 Å². The summed E-state index contributed by atoms with van der Waals surface area (Å²) in [6, 6.07) is 10.7. The molecule has 0 amide bonds. The standard InChI is InChI=1S/C15H16N2S2/c1-3-11-7-8-12(19-11)9-17-13-6-4-5-10(2)14(13)16-15(17)18/h4-8H,3,9H2,1-2H3,(H,16,18). The molecule has 0 spiro atoms. The summed E-state index contributed by atoms with van der Waals surface area (Å²) in [6.45, 7) is 5.15. The summed E-state index contributed by atoms with van der Waals surface area (Å²) in [5, 5.41) is 0. The van der Waals surface area contributed by atoms with Gasteiger partial charge in [0.2, 0.25) is 0 Å². The normalized spacial score (nSPS) is 11.3. The number of aromatic nitrogens is 2. The molecule has 2 aromatic heterocycles. The molecule has 3 aromatic rings. The average molecular weight is 288 g/mol. The summed E-state index contributed by atoms with van der Waals surface area (Å²) in [4.78, 5) is 6.10. The molecule has 4 heteroatoms. The van der Waals surface area contributed by atoms with E-state index in [0.29, 0.717) is 0 Å². The van der Waals surface area contributed by atoms with Gasteiger partial charge < -0.3 is 9.55 Å². The lowest BCUT2D eigenvalue weighted by molar-refractivity contribution is 0.823. The van der Waals surface area contributed by atoms with Crippen molar-refractivity contribution < 1.29 is 0 Å². The van der Waals surface area contributed by atoms with E-state index in [1.165, 1.54) is 20.8 Å². The van der Waals surface area contributed by atoms with Gasteiger partial charge in [-0.15, -0.1) is 11.3 Å². The second-order valence-corrected chi connectivity index (χ2v) is 6.35. The molecule has 1 aromatic carbocycles. The number of benzene rings is 1. The molecule has 3 rings (SSSR count). The van der Waals surface area contributed by atoms with Crippen molar-refractivity contribution in [3.63, 3.8) is 0 Å². The summed E-state index contributed by atoms with van der Waals surface area (Å²) in [7, 11) is 0. The van der Waals surface area contributed by atoms with E-state index in [2.05, 4.69) is 53.7 Å². The highest BCUT2D eigenvalue weighted by Gasteiger charge is 2.07. The number of nitrogens with zero attached hydrogens (tertiary/aromatic N) is 1. The van der Waals surface area contributed by atoms with Crippen molar-refractivity contribution in [1.82, 2.24) is 9.55 Å². The maximum atomic E-state index is 5.46. The van der Waals surface area contributed by atoms with Gasteiger partial charge in [-0.25, -0.2) is 0 Å². The second-order valence-electron chi connectivity index (χ2n) is 4.71. The van der Waals surface area contributed by atoms with E-state index in [4.69, 9.17) is 12.2 Å². The lowest BCUT2D eigenvalue weighted by atomic mass is 10.2. The maximum Gasteiger partial charge on any atom is 0.178 e. The molecule has 19 heavy (non-hydrogen) atoms. The third-order valence-electron chi connectivity index (χ3n) is 3.40. The fraction of sp³-hybridized carbons (Fsp3) is 0.267. The molecule has 98 valence electrons. The fourth-order valence-electron chi connectivity index (χ4n) is 2.33. The summed E-state index contributed by atoms with van der Waals surface area (Å²) < 4.78 is 2.99. The molecule has 0 radical (unpaired) electrons. The number of hydrogen-bond donors (Lipinski definition) is 1. The number of thiophene rings is 1. The summed E-state index contributed by atoms with van der Waals surface area (Å²) in [6.07, 6.45) is 1.10. The number of nitrogens with one attached hydrogen (secondary N) is 1. The molecule has 0 atom stereocenters. The molecular weight excluding hydrogens is 272 g/mol. The molecule has 2 heterocycles. The van der Waals surface area contributed by atoms with E-state index in [1.54, 1.807) is 0 Å². The Morgan fingerprint density at radius 2 is 2.00 bits per heavy atom. The molecule has 0 aliphatic carbocycles. The summed E-state index contributed by atoms with van der Waals surface area (Å²) >= 11 is 7.33. The first-order valence-electron chi connectivity index (χ1n) is 6.44. The van der Waals surface area contributed by atoms with Gasteiger partial charge in [-0.2, -0.15) is 0 Å². The SMILES string of the molecule is CCc1ccc(Cn2c(=S)[nH]c3c(C)cccc32)s1. The molecule has 0 fully saturated rings. The van der Waals surface area contributed by atoms with Crippen LogP contribution in [0.2, 0.25) is 0 Å². The lowest BCUT2D eigenvalue weighted by Crippen LogP contribution is -1.97. The van der Waals surface area contributed by atoms with Gasteiger partial charge in [0.25, 0.3) is 0 Å². The topological polar surface area (TPSA) is 20.7 Å². The quantitative estimate of drug-likeness (QED) is 0.694. The van der Waals surface area contributed by atoms with Crippen LogP contribution >= 0.6 is 23.6 Å². The Labute approximate surface area is 121 Å². The minimum Gasteiger partial charge on any atom is -0.330 e. The van der Waals surface area contributed by atoms with Gasteiger partial charge in [0.15, 0.2) is 4.77 Å². The van der Waals surface area contributed by atoms with Crippen LogP contribution in [-0.2, 0) is 13.0 Å². The Hall–Kier alpha value is -1.39. The van der Waals surface area contributed by atoms with Crippen LogP contribution in [0, 0.1) is 11.7 Å². The van der Waals surface area contributed by atoms with Crippen molar-refractivity contribution in [2.45, 2.75) is 26.8 Å². The largest absolute Gasteiger partial charge is 0.330 e. The third-order valence-corrected chi connectivity index (χ3v) is 4.94. The number of aromatic amines is 1. The smallest absolute Gasteiger partial charge is 0.178 e. The molecular formula is C15H16N2S2. The van der Waals surface area contributed by atoms with Gasteiger partial charge in [0.1, 0.15) is 0 Å². The molecule has 0 unspecified atom stereocenters. The van der Waals surface area contributed by atoms with Crippen LogP contribution in [0.25, 0.3) is 11.0 Å². The predicted octanol–water partition coefficient (Wildman–Crippen LogP) is 4.68. The number of H-pyrrole nitrogens is 1. The van der Waals surface area contributed by atoms with Crippen LogP contribution in [0.5, 0.6) is 0 Å². The van der Waals surface area contributed by atoms with Crippen LogP contribution in [0.1, 0.15) is 22.2 Å². The van der Waals surface area contributed by atoms with Gasteiger partial charge in [0.05, 0.1) is 17.6 Å². The van der Waals surface area contributed by atoms with Crippen molar-refractivity contribution in [3.8, 4) is 0 Å². The maximum absolute atomic E-state index is 5.46. The van der Waals surface area contributed by atoms with Gasteiger partial charge in [-0.3, -0.25) is 0 Å². The summed E-state index contributed by atoms with van der Waals surface area (Å²) in [5.41, 5.74) is 3.58. The number of aryl methyl sites for hydroxylation is 2. The van der Waals surface area contributed by atoms with E-state index in [1.807, 2.05) is 11.3 Å². The number of para-hydroxylation sites is 1. The first kappa shape index (κ1) is 12.6. The molecule has 0 aliphatic rings. The molecule has 2 nitrogen and oxygen atoms in total. The highest BCUT2D eigenvalue weighted by molar-refractivity contribution is 7.71. The number of imidazole rings is 1. The lowest BCUT2D eigenvalue weighted by Gasteiger charge is -2.02. The molecule has 0 aliphatic heterocycles. The van der Waals surface area contributed by atoms with Crippen LogP contribution in [0.4, 0.5) is 0 Å². The van der Waals surface area contributed by atoms with Crippen molar-refractivity contribution in [3.05, 3.63) is 50.4 Å². The average Bonchev–Trinajstić information content (AvgIpc) is 2.97. The Morgan fingerprint density at radius 1 is 1.21 bits per heavy atom.